The van der Waals surface area contributed by atoms with Gasteiger partial charge in [0.05, 0.1) is 12.7 Å². The number of amides is 1. The van der Waals surface area contributed by atoms with Crippen molar-refractivity contribution in [1.29, 1.82) is 0 Å². The molecule has 1 amide bonds. The molecule has 1 heterocycles. The number of benzene rings is 1. The Morgan fingerprint density at radius 3 is 2.95 bits per heavy atom. The summed E-state index contributed by atoms with van der Waals surface area (Å²) in [6.45, 7) is 4.03. The highest BCUT2D eigenvalue weighted by Gasteiger charge is 2.24. The van der Waals surface area contributed by atoms with Crippen LogP contribution in [0.4, 0.5) is 0 Å². The summed E-state index contributed by atoms with van der Waals surface area (Å²) in [5, 5.41) is 0.644. The maximum Gasteiger partial charge on any atom is 0.254 e. The Morgan fingerprint density at radius 1 is 1.58 bits per heavy atom. The van der Waals surface area contributed by atoms with E-state index < -0.39 is 0 Å². The summed E-state index contributed by atoms with van der Waals surface area (Å²) in [4.78, 5) is 14.2. The molecule has 0 radical (unpaired) electrons. The molecular formula is C13H18Cl2N2O2. The van der Waals surface area contributed by atoms with Crippen LogP contribution in [0, 0.1) is 6.92 Å². The first kappa shape index (κ1) is 16.2. The Balaban J connectivity index is 0.00000180. The van der Waals surface area contributed by atoms with Gasteiger partial charge in [-0.3, -0.25) is 4.79 Å². The maximum atomic E-state index is 12.4. The summed E-state index contributed by atoms with van der Waals surface area (Å²) in [7, 11) is 0. The van der Waals surface area contributed by atoms with Crippen molar-refractivity contribution in [2.45, 2.75) is 13.0 Å². The van der Waals surface area contributed by atoms with E-state index in [4.69, 9.17) is 22.1 Å². The highest BCUT2D eigenvalue weighted by molar-refractivity contribution is 6.30. The number of nitrogens with two attached hydrogens (primary N) is 1. The lowest BCUT2D eigenvalue weighted by Gasteiger charge is -2.32. The number of halogens is 2. The first-order valence-electron chi connectivity index (χ1n) is 5.99. The predicted molar refractivity (Wildman–Crippen MR) is 78.1 cm³/mol. The molecule has 1 aliphatic rings. The predicted octanol–water partition coefficient (Wildman–Crippen LogP) is 1.87. The van der Waals surface area contributed by atoms with Gasteiger partial charge in [-0.05, 0) is 30.7 Å². The number of aryl methyl sites for hydroxylation is 1. The van der Waals surface area contributed by atoms with Gasteiger partial charge in [-0.25, -0.2) is 0 Å². The molecule has 0 spiro atoms. The number of hydrogen-bond donors (Lipinski definition) is 1. The number of carbonyl (C=O) groups is 1. The van der Waals surface area contributed by atoms with E-state index in [1.165, 1.54) is 0 Å². The van der Waals surface area contributed by atoms with Gasteiger partial charge in [0.25, 0.3) is 5.91 Å². The molecular weight excluding hydrogens is 287 g/mol. The van der Waals surface area contributed by atoms with E-state index in [9.17, 15) is 4.79 Å². The molecule has 0 saturated carbocycles. The third-order valence-corrected chi connectivity index (χ3v) is 3.34. The summed E-state index contributed by atoms with van der Waals surface area (Å²) in [6.07, 6.45) is -0.0599. The third kappa shape index (κ3) is 3.83. The molecule has 1 aromatic carbocycles. The van der Waals surface area contributed by atoms with Gasteiger partial charge < -0.3 is 15.4 Å². The summed E-state index contributed by atoms with van der Waals surface area (Å²) >= 11 is 5.89. The molecule has 2 N–H and O–H groups in total. The molecule has 0 aliphatic carbocycles. The van der Waals surface area contributed by atoms with Crippen LogP contribution < -0.4 is 5.73 Å². The zero-order chi connectivity index (χ0) is 13.1. The van der Waals surface area contributed by atoms with E-state index in [2.05, 4.69) is 0 Å². The van der Waals surface area contributed by atoms with E-state index in [-0.39, 0.29) is 24.4 Å². The fraction of sp³-hybridized carbons (Fsp3) is 0.462. The van der Waals surface area contributed by atoms with Crippen LogP contribution in [0.25, 0.3) is 0 Å². The van der Waals surface area contributed by atoms with Crippen LogP contribution in [0.1, 0.15) is 15.9 Å². The molecule has 1 unspecified atom stereocenters. The van der Waals surface area contributed by atoms with E-state index in [1.807, 2.05) is 6.92 Å². The zero-order valence-electron chi connectivity index (χ0n) is 10.8. The zero-order valence-corrected chi connectivity index (χ0v) is 12.3. The Hall–Kier alpha value is -0.810. The van der Waals surface area contributed by atoms with Gasteiger partial charge in [0.15, 0.2) is 0 Å². The van der Waals surface area contributed by atoms with Gasteiger partial charge in [0.2, 0.25) is 0 Å². The second-order valence-corrected chi connectivity index (χ2v) is 4.88. The highest BCUT2D eigenvalue weighted by Crippen LogP contribution is 2.18. The van der Waals surface area contributed by atoms with Crippen LogP contribution in [0.3, 0.4) is 0 Å². The molecule has 1 saturated heterocycles. The molecule has 19 heavy (non-hydrogen) atoms. The SMILES string of the molecule is Cc1cc(Cl)ccc1C(=O)N1CCOC(CN)C1.Cl. The normalized spacial score (nSPS) is 18.9. The molecule has 0 aromatic heterocycles. The molecule has 6 heteroatoms. The minimum Gasteiger partial charge on any atom is -0.373 e. The van der Waals surface area contributed by atoms with Crippen molar-refractivity contribution in [3.63, 3.8) is 0 Å². The fourth-order valence-electron chi connectivity index (χ4n) is 2.08. The number of morpholine rings is 1. The Kier molecular flexibility index (Phi) is 6.07. The first-order chi connectivity index (χ1) is 8.61. The largest absolute Gasteiger partial charge is 0.373 e. The number of rotatable bonds is 2. The number of carbonyl (C=O) groups excluding carboxylic acids is 1. The standard InChI is InChI=1S/C13H17ClN2O2.ClH/c1-9-6-10(14)2-3-12(9)13(17)16-4-5-18-11(7-15)8-16;/h2-3,6,11H,4-5,7-8,15H2,1H3;1H. The van der Waals surface area contributed by atoms with Crippen LogP contribution in [0.2, 0.25) is 5.02 Å². The minimum absolute atomic E-state index is 0. The summed E-state index contributed by atoms with van der Waals surface area (Å²) < 4.78 is 5.45. The topological polar surface area (TPSA) is 55.6 Å². The van der Waals surface area contributed by atoms with Gasteiger partial charge in [-0.1, -0.05) is 11.6 Å². The van der Waals surface area contributed by atoms with Crippen LogP contribution >= 0.6 is 24.0 Å². The maximum absolute atomic E-state index is 12.4. The van der Waals surface area contributed by atoms with Crippen molar-refractivity contribution in [2.75, 3.05) is 26.2 Å². The van der Waals surface area contributed by atoms with Gasteiger partial charge in [0.1, 0.15) is 0 Å². The lowest BCUT2D eigenvalue weighted by molar-refractivity contribution is -0.0167. The summed E-state index contributed by atoms with van der Waals surface area (Å²) in [6, 6.07) is 5.31. The van der Waals surface area contributed by atoms with Crippen molar-refractivity contribution >= 4 is 29.9 Å². The van der Waals surface area contributed by atoms with Crippen LogP contribution in [0.15, 0.2) is 18.2 Å². The quantitative estimate of drug-likeness (QED) is 0.907. The Morgan fingerprint density at radius 2 is 2.32 bits per heavy atom. The Labute approximate surface area is 124 Å². The number of nitrogens with zero attached hydrogens (tertiary/aromatic N) is 1. The van der Waals surface area contributed by atoms with Crippen LogP contribution in [-0.4, -0.2) is 43.2 Å². The number of ether oxygens (including phenoxy) is 1. The van der Waals surface area contributed by atoms with Crippen molar-refractivity contribution in [2.24, 2.45) is 5.73 Å². The molecule has 1 fully saturated rings. The number of hydrogen-bond acceptors (Lipinski definition) is 3. The molecule has 1 atom stereocenters. The highest BCUT2D eigenvalue weighted by atomic mass is 35.5. The van der Waals surface area contributed by atoms with Gasteiger partial charge in [0, 0.05) is 30.2 Å². The average molecular weight is 305 g/mol. The van der Waals surface area contributed by atoms with Crippen molar-refractivity contribution in [3.05, 3.63) is 34.3 Å². The van der Waals surface area contributed by atoms with Crippen molar-refractivity contribution < 1.29 is 9.53 Å². The summed E-state index contributed by atoms with van der Waals surface area (Å²) in [5.41, 5.74) is 7.16. The smallest absolute Gasteiger partial charge is 0.254 e. The van der Waals surface area contributed by atoms with E-state index >= 15 is 0 Å². The monoisotopic (exact) mass is 304 g/mol. The molecule has 2 rings (SSSR count). The Bertz CT molecular complexity index is 454. The van der Waals surface area contributed by atoms with Gasteiger partial charge >= 0.3 is 0 Å². The van der Waals surface area contributed by atoms with E-state index in [0.29, 0.717) is 36.8 Å². The third-order valence-electron chi connectivity index (χ3n) is 3.11. The second-order valence-electron chi connectivity index (χ2n) is 4.44. The summed E-state index contributed by atoms with van der Waals surface area (Å²) in [5.74, 6) is 0.0194. The van der Waals surface area contributed by atoms with E-state index in [1.54, 1.807) is 23.1 Å². The van der Waals surface area contributed by atoms with Crippen LogP contribution in [-0.2, 0) is 4.74 Å². The molecule has 1 aliphatic heterocycles. The van der Waals surface area contributed by atoms with Crippen molar-refractivity contribution in [1.82, 2.24) is 4.90 Å². The van der Waals surface area contributed by atoms with Gasteiger partial charge in [-0.15, -0.1) is 12.4 Å². The molecule has 4 nitrogen and oxygen atoms in total. The van der Waals surface area contributed by atoms with E-state index in [0.717, 1.165) is 5.56 Å². The fourth-order valence-corrected chi connectivity index (χ4v) is 2.31. The van der Waals surface area contributed by atoms with Crippen molar-refractivity contribution in [3.8, 4) is 0 Å². The molecule has 106 valence electrons. The first-order valence-corrected chi connectivity index (χ1v) is 6.36. The molecule has 1 aromatic rings. The lowest BCUT2D eigenvalue weighted by Crippen LogP contribution is -2.48. The van der Waals surface area contributed by atoms with Crippen LogP contribution in [0.5, 0.6) is 0 Å². The molecule has 0 bridgehead atoms. The lowest BCUT2D eigenvalue weighted by atomic mass is 10.1. The van der Waals surface area contributed by atoms with Gasteiger partial charge in [-0.2, -0.15) is 0 Å². The minimum atomic E-state index is -0.0599. The second kappa shape index (κ2) is 7.10. The average Bonchev–Trinajstić information content (AvgIpc) is 2.38.